The molecule has 1 N–H and O–H groups in total. The Morgan fingerprint density at radius 3 is 3.09 bits per heavy atom. The smallest absolute Gasteiger partial charge is 0.410 e. The number of carbonyl (C=O) groups is 1. The molecule has 1 heterocycles. The third-order valence-corrected chi connectivity index (χ3v) is 6.32. The number of nitrogens with zero attached hydrogens (tertiary/aromatic N) is 1. The van der Waals surface area contributed by atoms with E-state index in [1.54, 1.807) is 6.07 Å². The fraction of sp³-hybridized carbons (Fsp3) is 0.632. The number of fused-ring (bicyclic) bond motifs is 1. The standard InChI is InChI=1S/C19H25NO3/c1-2-23-18(22)20-10-9-19-8-4-3-5-15(19)17(20)11-13-6-7-14(21)12-16(13)19/h6-7,12,15,17,21H,2-5,8-11H2,1H3/t15-,17+,19-/m1/s1. The van der Waals surface area contributed by atoms with Crippen LogP contribution in [-0.2, 0) is 16.6 Å². The molecule has 1 saturated carbocycles. The van der Waals surface area contributed by atoms with E-state index < -0.39 is 0 Å². The first-order valence-electron chi connectivity index (χ1n) is 8.91. The van der Waals surface area contributed by atoms with Crippen molar-refractivity contribution in [1.29, 1.82) is 0 Å². The molecule has 1 aromatic carbocycles. The summed E-state index contributed by atoms with van der Waals surface area (Å²) < 4.78 is 5.30. The molecule has 2 aliphatic carbocycles. The number of phenolic OH excluding ortho intramolecular Hbond substituents is 1. The molecule has 4 nitrogen and oxygen atoms in total. The number of hydrogen-bond acceptors (Lipinski definition) is 3. The van der Waals surface area contributed by atoms with Gasteiger partial charge in [-0.1, -0.05) is 18.9 Å². The highest BCUT2D eigenvalue weighted by atomic mass is 16.6. The monoisotopic (exact) mass is 315 g/mol. The van der Waals surface area contributed by atoms with Crippen LogP contribution in [0.2, 0.25) is 0 Å². The molecule has 0 spiro atoms. The van der Waals surface area contributed by atoms with E-state index in [0.717, 1.165) is 19.4 Å². The lowest BCUT2D eigenvalue weighted by Gasteiger charge is -2.58. The second kappa shape index (κ2) is 5.43. The van der Waals surface area contributed by atoms with E-state index in [0.29, 0.717) is 18.3 Å². The maximum atomic E-state index is 12.4. The summed E-state index contributed by atoms with van der Waals surface area (Å²) in [7, 11) is 0. The van der Waals surface area contributed by atoms with Gasteiger partial charge in [-0.2, -0.15) is 0 Å². The van der Waals surface area contributed by atoms with Gasteiger partial charge in [0, 0.05) is 18.0 Å². The Morgan fingerprint density at radius 1 is 1.39 bits per heavy atom. The molecule has 0 radical (unpaired) electrons. The van der Waals surface area contributed by atoms with Crippen LogP contribution >= 0.6 is 0 Å². The second-order valence-corrected chi connectivity index (χ2v) is 7.26. The molecule has 23 heavy (non-hydrogen) atoms. The Labute approximate surface area is 137 Å². The molecule has 1 aliphatic heterocycles. The normalized spacial score (nSPS) is 32.0. The van der Waals surface area contributed by atoms with Crippen LogP contribution in [0.5, 0.6) is 5.75 Å². The number of rotatable bonds is 1. The molecule has 2 bridgehead atoms. The quantitative estimate of drug-likeness (QED) is 0.861. The fourth-order valence-electron chi connectivity index (χ4n) is 5.43. The molecule has 4 rings (SSSR count). The number of benzene rings is 1. The average molecular weight is 315 g/mol. The van der Waals surface area contributed by atoms with Gasteiger partial charge in [0.1, 0.15) is 5.75 Å². The molecular weight excluding hydrogens is 290 g/mol. The predicted molar refractivity (Wildman–Crippen MR) is 87.6 cm³/mol. The minimum Gasteiger partial charge on any atom is -0.508 e. The summed E-state index contributed by atoms with van der Waals surface area (Å²) in [4.78, 5) is 14.4. The molecule has 0 aromatic heterocycles. The van der Waals surface area contributed by atoms with E-state index in [4.69, 9.17) is 4.74 Å². The van der Waals surface area contributed by atoms with Crippen molar-refractivity contribution in [2.45, 2.75) is 56.9 Å². The van der Waals surface area contributed by atoms with E-state index in [1.165, 1.54) is 36.8 Å². The van der Waals surface area contributed by atoms with Crippen LogP contribution in [0.1, 0.15) is 50.2 Å². The zero-order chi connectivity index (χ0) is 16.0. The van der Waals surface area contributed by atoms with Gasteiger partial charge in [-0.05, 0) is 61.8 Å². The first-order valence-corrected chi connectivity index (χ1v) is 8.91. The van der Waals surface area contributed by atoms with Crippen LogP contribution in [-0.4, -0.2) is 35.3 Å². The molecule has 3 atom stereocenters. The highest BCUT2D eigenvalue weighted by Gasteiger charge is 2.55. The molecule has 1 aromatic rings. The molecule has 3 aliphatic rings. The van der Waals surface area contributed by atoms with Crippen LogP contribution < -0.4 is 0 Å². The first kappa shape index (κ1) is 14.9. The summed E-state index contributed by atoms with van der Waals surface area (Å²) in [6.07, 6.45) is 6.58. The number of aromatic hydroxyl groups is 1. The van der Waals surface area contributed by atoms with Crippen molar-refractivity contribution >= 4 is 6.09 Å². The Balaban J connectivity index is 1.78. The summed E-state index contributed by atoms with van der Waals surface area (Å²) in [6, 6.07) is 6.08. The summed E-state index contributed by atoms with van der Waals surface area (Å²) in [5, 5.41) is 10.00. The topological polar surface area (TPSA) is 49.8 Å². The van der Waals surface area contributed by atoms with Crippen LogP contribution in [0.25, 0.3) is 0 Å². The largest absolute Gasteiger partial charge is 0.508 e. The maximum absolute atomic E-state index is 12.4. The number of ether oxygens (including phenoxy) is 1. The highest BCUT2D eigenvalue weighted by molar-refractivity contribution is 5.69. The summed E-state index contributed by atoms with van der Waals surface area (Å²) in [5.41, 5.74) is 2.81. The van der Waals surface area contributed by atoms with E-state index >= 15 is 0 Å². The van der Waals surface area contributed by atoms with Gasteiger partial charge in [0.05, 0.1) is 6.61 Å². The van der Waals surface area contributed by atoms with Gasteiger partial charge in [0.2, 0.25) is 0 Å². The van der Waals surface area contributed by atoms with Gasteiger partial charge in [-0.3, -0.25) is 0 Å². The first-order chi connectivity index (χ1) is 11.2. The third kappa shape index (κ3) is 2.14. The minimum atomic E-state index is -0.154. The summed E-state index contributed by atoms with van der Waals surface area (Å²) in [5.74, 6) is 0.873. The van der Waals surface area contributed by atoms with Crippen molar-refractivity contribution < 1.29 is 14.6 Å². The Bertz CT molecular complexity index is 629. The van der Waals surface area contributed by atoms with Crippen LogP contribution in [0, 0.1) is 5.92 Å². The van der Waals surface area contributed by atoms with Gasteiger partial charge < -0.3 is 14.7 Å². The van der Waals surface area contributed by atoms with E-state index in [-0.39, 0.29) is 17.6 Å². The van der Waals surface area contributed by atoms with E-state index in [2.05, 4.69) is 6.07 Å². The van der Waals surface area contributed by atoms with Crippen molar-refractivity contribution in [3.63, 3.8) is 0 Å². The average Bonchev–Trinajstić information content (AvgIpc) is 2.56. The van der Waals surface area contributed by atoms with E-state index in [1.807, 2.05) is 17.9 Å². The minimum absolute atomic E-state index is 0.151. The molecule has 4 heteroatoms. The van der Waals surface area contributed by atoms with Crippen molar-refractivity contribution in [3.05, 3.63) is 29.3 Å². The van der Waals surface area contributed by atoms with Crippen LogP contribution in [0.15, 0.2) is 18.2 Å². The molecule has 1 amide bonds. The maximum Gasteiger partial charge on any atom is 0.410 e. The van der Waals surface area contributed by atoms with Gasteiger partial charge in [-0.25, -0.2) is 4.79 Å². The van der Waals surface area contributed by atoms with Crippen LogP contribution in [0.3, 0.4) is 0 Å². The molecule has 2 fully saturated rings. The van der Waals surface area contributed by atoms with Gasteiger partial charge in [0.25, 0.3) is 0 Å². The number of piperidine rings is 1. The molecule has 124 valence electrons. The van der Waals surface area contributed by atoms with Crippen molar-refractivity contribution in [1.82, 2.24) is 4.90 Å². The van der Waals surface area contributed by atoms with Crippen molar-refractivity contribution in [2.75, 3.05) is 13.2 Å². The predicted octanol–water partition coefficient (Wildman–Crippen LogP) is 3.61. The summed E-state index contributed by atoms with van der Waals surface area (Å²) >= 11 is 0. The van der Waals surface area contributed by atoms with Gasteiger partial charge in [0.15, 0.2) is 0 Å². The number of hydrogen-bond donors (Lipinski definition) is 1. The lowest BCUT2D eigenvalue weighted by molar-refractivity contribution is -0.0110. The SMILES string of the molecule is CCOC(=O)N1CC[C@]23CCCC[C@@H]2[C@@H]1Cc1ccc(O)cc13. The fourth-order valence-corrected chi connectivity index (χ4v) is 5.43. The zero-order valence-electron chi connectivity index (χ0n) is 13.8. The Hall–Kier alpha value is -1.71. The number of phenols is 1. The molecule has 0 unspecified atom stereocenters. The van der Waals surface area contributed by atoms with Gasteiger partial charge in [-0.15, -0.1) is 0 Å². The zero-order valence-corrected chi connectivity index (χ0v) is 13.8. The Kier molecular flexibility index (Phi) is 3.51. The third-order valence-electron chi connectivity index (χ3n) is 6.32. The van der Waals surface area contributed by atoms with E-state index in [9.17, 15) is 9.90 Å². The lowest BCUT2D eigenvalue weighted by atomic mass is 9.52. The van der Waals surface area contributed by atoms with Crippen LogP contribution in [0.4, 0.5) is 4.79 Å². The van der Waals surface area contributed by atoms with Crippen molar-refractivity contribution in [3.8, 4) is 5.75 Å². The lowest BCUT2D eigenvalue weighted by Crippen LogP contribution is -2.62. The second-order valence-electron chi connectivity index (χ2n) is 7.26. The van der Waals surface area contributed by atoms with Gasteiger partial charge >= 0.3 is 6.09 Å². The number of amides is 1. The molecule has 1 saturated heterocycles. The summed E-state index contributed by atoms with van der Waals surface area (Å²) in [6.45, 7) is 3.07. The molecular formula is C19H25NO3. The number of likely N-dealkylation sites (tertiary alicyclic amines) is 1. The Morgan fingerprint density at radius 2 is 2.26 bits per heavy atom. The van der Waals surface area contributed by atoms with Crippen molar-refractivity contribution in [2.24, 2.45) is 5.92 Å². The highest BCUT2D eigenvalue weighted by Crippen LogP contribution is 2.56. The number of carbonyl (C=O) groups excluding carboxylic acids is 1.